The Bertz CT molecular complexity index is 1810. The molecule has 0 saturated carbocycles. The Morgan fingerprint density at radius 2 is 0.409 bits per heavy atom. The zero-order valence-electron chi connectivity index (χ0n) is 57.2. The molecule has 0 aliphatic carbocycles. The minimum absolute atomic E-state index is 0. The van der Waals surface area contributed by atoms with Crippen LogP contribution in [-0.4, -0.2) is 314 Å². The van der Waals surface area contributed by atoms with Gasteiger partial charge in [-0.1, -0.05) is 14.4 Å². The summed E-state index contributed by atoms with van der Waals surface area (Å²) in [4.78, 5) is 141. The summed E-state index contributed by atoms with van der Waals surface area (Å²) in [5.74, 6) is -3.30. The lowest BCUT2D eigenvalue weighted by Crippen LogP contribution is -2.39. The third-order valence-electron chi connectivity index (χ3n) is 12.5. The van der Waals surface area contributed by atoms with Crippen molar-refractivity contribution >= 4 is 71.6 Å². The normalized spacial score (nSPS) is 10.1. The molecule has 33 heteroatoms. The summed E-state index contributed by atoms with van der Waals surface area (Å²) in [6.07, 6.45) is 4.54. The van der Waals surface area contributed by atoms with Gasteiger partial charge in [-0.15, -0.1) is 0 Å². The highest BCUT2D eigenvalue weighted by Crippen LogP contribution is 2.04. The smallest absolute Gasteiger partial charge is 0.306 e. The third-order valence-corrected chi connectivity index (χ3v) is 12.5. The van der Waals surface area contributed by atoms with Crippen LogP contribution in [0.25, 0.3) is 0 Å². The second-order valence-corrected chi connectivity index (χ2v) is 19.1. The van der Waals surface area contributed by atoms with Crippen LogP contribution in [0.1, 0.15) is 97.8 Å². The molecule has 0 atom stereocenters. The lowest BCUT2D eigenvalue weighted by atomic mass is 10.3. The van der Waals surface area contributed by atoms with E-state index in [1.54, 1.807) is 0 Å². The van der Waals surface area contributed by atoms with Gasteiger partial charge in [-0.05, 0) is 13.0 Å². The third kappa shape index (κ3) is 72.6. The Morgan fingerprint density at radius 3 is 0.602 bits per heavy atom. The van der Waals surface area contributed by atoms with Gasteiger partial charge in [-0.25, -0.2) is 0 Å². The number of carbonyl (C=O) groups is 12. The number of esters is 12. The fourth-order valence-corrected chi connectivity index (χ4v) is 6.88. The van der Waals surface area contributed by atoms with Crippen molar-refractivity contribution in [1.82, 2.24) is 40.9 Å². The zero-order valence-corrected chi connectivity index (χ0v) is 57.2. The van der Waals surface area contributed by atoms with E-state index in [-0.39, 0.29) is 118 Å². The summed E-state index contributed by atoms with van der Waals surface area (Å²) in [6.45, 7) is 14.3. The second kappa shape index (κ2) is 72.7. The van der Waals surface area contributed by atoms with E-state index in [9.17, 15) is 57.5 Å². The molecule has 0 spiro atoms. The van der Waals surface area contributed by atoms with Gasteiger partial charge in [-0.2, -0.15) is 0 Å². The number of nitrogens with zero attached hydrogens (tertiary/aromatic N) is 4. The standard InChI is InChI=1S/C18H32N2O8.C14H26N2O6.2C10H20N2O4.C7H15NO2.CH4/c1-25-15(21)5-9-19(10-6-16(22)26-2)13-14-20(11-7-17(23)27-3)12-8-18(24)28-4;1-20-12(17)4-7-15-8-11-16(9-5-13(18)21-2)10-6-14(19)22-3;1-15-9(13)3-6-12(8-5-11)7-4-10(14)16-2;1-15-9(13)3-5-11-7-8-12-6-4-10(14)16-2;1-3-5-8-6-4-7(9)10-2;/h5-14H2,1-4H3;15H,4-11H2,1-3H3;3-8,11H2,1-2H3;11-12H,3-8H2,1-2H3;8H,3-6H2,1-2H3;1H4. The molecule has 0 aromatic carbocycles. The van der Waals surface area contributed by atoms with Crippen LogP contribution in [0.5, 0.6) is 0 Å². The molecular formula is C60H117N9O24. The van der Waals surface area contributed by atoms with Gasteiger partial charge in [0.05, 0.1) is 162 Å². The van der Waals surface area contributed by atoms with Crippen LogP contribution in [0.4, 0.5) is 0 Å². The number of rotatable bonds is 49. The molecule has 0 heterocycles. The van der Waals surface area contributed by atoms with Crippen LogP contribution in [0.3, 0.4) is 0 Å². The van der Waals surface area contributed by atoms with E-state index in [1.807, 2.05) is 19.6 Å². The molecule has 0 aromatic rings. The van der Waals surface area contributed by atoms with Crippen molar-refractivity contribution in [3.8, 4) is 0 Å². The minimum Gasteiger partial charge on any atom is -0.469 e. The molecule has 0 unspecified atom stereocenters. The van der Waals surface area contributed by atoms with E-state index in [4.69, 9.17) is 5.73 Å². The molecule has 93 heavy (non-hydrogen) atoms. The van der Waals surface area contributed by atoms with Crippen LogP contribution in [-0.2, 0) is 114 Å². The van der Waals surface area contributed by atoms with Gasteiger partial charge in [0.2, 0.25) is 0 Å². The van der Waals surface area contributed by atoms with E-state index in [2.05, 4.69) is 85.0 Å². The first-order valence-corrected chi connectivity index (χ1v) is 30.3. The Balaban J connectivity index is -0.000000263. The maximum Gasteiger partial charge on any atom is 0.306 e. The first kappa shape index (κ1) is 97.4. The average Bonchev–Trinajstić information content (AvgIpc) is 3.73. The number of nitrogens with one attached hydrogen (secondary N) is 4. The maximum absolute atomic E-state index is 11.4. The maximum atomic E-state index is 11.4. The van der Waals surface area contributed by atoms with Gasteiger partial charge < -0.3 is 103 Å². The predicted molar refractivity (Wildman–Crippen MR) is 343 cm³/mol. The molecule has 0 aliphatic heterocycles. The van der Waals surface area contributed by atoms with E-state index in [0.717, 1.165) is 32.6 Å². The number of ether oxygens (including phenoxy) is 12. The summed E-state index contributed by atoms with van der Waals surface area (Å²) in [5, 5.41) is 12.4. The van der Waals surface area contributed by atoms with Crippen molar-refractivity contribution in [3.05, 3.63) is 0 Å². The topological polar surface area (TPSA) is 403 Å². The van der Waals surface area contributed by atoms with Crippen molar-refractivity contribution in [3.63, 3.8) is 0 Å². The van der Waals surface area contributed by atoms with E-state index < -0.39 is 0 Å². The molecular weight excluding hydrogens is 1230 g/mol. The Kier molecular flexibility index (Phi) is 76.1. The SMILES string of the molecule is C.CCCNCCC(=O)OC.COC(=O)CCN(CCC(=O)OC)CCN(CCC(=O)OC)CCC(=O)OC.COC(=O)CCN(CCN)CCC(=O)OC.COC(=O)CCNCCN(CCC(=O)OC)CCC(=O)OC.COC(=O)CCNCCNCCC(=O)OC. The molecule has 0 rings (SSSR count). The molecule has 0 aliphatic rings. The number of nitrogens with two attached hydrogens (primary N) is 1. The predicted octanol–water partition coefficient (Wildman–Crippen LogP) is -0.740. The lowest BCUT2D eigenvalue weighted by Gasteiger charge is -2.27. The molecule has 0 radical (unpaired) electrons. The summed E-state index contributed by atoms with van der Waals surface area (Å²) in [6, 6.07) is 0. The van der Waals surface area contributed by atoms with Crippen LogP contribution in [0.2, 0.25) is 0 Å². The Hall–Kier alpha value is -6.72. The van der Waals surface area contributed by atoms with Gasteiger partial charge in [-0.3, -0.25) is 57.5 Å². The number of carbonyl (C=O) groups excluding carboxylic acids is 12. The molecule has 0 fully saturated rings. The monoisotopic (exact) mass is 1350 g/mol. The van der Waals surface area contributed by atoms with Crippen LogP contribution >= 0.6 is 0 Å². The van der Waals surface area contributed by atoms with Gasteiger partial charge in [0.1, 0.15) is 0 Å². The number of methoxy groups -OCH3 is 12. The van der Waals surface area contributed by atoms with Crippen molar-refractivity contribution in [2.75, 3.05) is 223 Å². The van der Waals surface area contributed by atoms with Crippen LogP contribution < -0.4 is 27.0 Å². The van der Waals surface area contributed by atoms with E-state index in [1.165, 1.54) is 85.3 Å². The lowest BCUT2D eigenvalue weighted by molar-refractivity contribution is -0.143. The van der Waals surface area contributed by atoms with Gasteiger partial charge in [0, 0.05) is 131 Å². The minimum atomic E-state index is -0.337. The number of hydrogen-bond donors (Lipinski definition) is 5. The largest absolute Gasteiger partial charge is 0.469 e. The molecule has 6 N–H and O–H groups in total. The molecule has 0 saturated heterocycles. The fourth-order valence-electron chi connectivity index (χ4n) is 6.88. The van der Waals surface area contributed by atoms with E-state index in [0.29, 0.717) is 150 Å². The fraction of sp³-hybridized carbons (Fsp3) is 0.800. The first-order valence-electron chi connectivity index (χ1n) is 30.3. The summed E-state index contributed by atoms with van der Waals surface area (Å²) >= 11 is 0. The number of hydrogen-bond acceptors (Lipinski definition) is 33. The highest BCUT2D eigenvalue weighted by Gasteiger charge is 2.17. The summed E-state index contributed by atoms with van der Waals surface area (Å²) in [5.41, 5.74) is 5.43. The van der Waals surface area contributed by atoms with Crippen molar-refractivity contribution in [2.24, 2.45) is 5.73 Å². The van der Waals surface area contributed by atoms with Crippen LogP contribution in [0.15, 0.2) is 0 Å². The highest BCUT2D eigenvalue weighted by molar-refractivity contribution is 5.73. The van der Waals surface area contributed by atoms with Gasteiger partial charge in [0.15, 0.2) is 0 Å². The molecule has 0 aromatic heterocycles. The highest BCUT2D eigenvalue weighted by atomic mass is 16.6. The van der Waals surface area contributed by atoms with Crippen molar-refractivity contribution in [2.45, 2.75) is 97.8 Å². The second-order valence-electron chi connectivity index (χ2n) is 19.1. The van der Waals surface area contributed by atoms with Crippen molar-refractivity contribution in [1.29, 1.82) is 0 Å². The molecule has 0 amide bonds. The average molecular weight is 1350 g/mol. The van der Waals surface area contributed by atoms with Gasteiger partial charge in [0.25, 0.3) is 0 Å². The first-order chi connectivity index (χ1) is 44.0. The van der Waals surface area contributed by atoms with Gasteiger partial charge >= 0.3 is 71.6 Å². The van der Waals surface area contributed by atoms with Crippen LogP contribution in [0, 0.1) is 0 Å². The Labute approximate surface area is 551 Å². The zero-order chi connectivity index (χ0) is 70.6. The quantitative estimate of drug-likeness (QED) is 0.0284. The van der Waals surface area contributed by atoms with E-state index >= 15 is 0 Å². The summed E-state index contributed by atoms with van der Waals surface area (Å²) < 4.78 is 54.9. The molecule has 0 bridgehead atoms. The summed E-state index contributed by atoms with van der Waals surface area (Å²) in [7, 11) is 16.2. The molecule has 33 nitrogen and oxygen atoms in total. The van der Waals surface area contributed by atoms with Crippen molar-refractivity contribution < 1.29 is 114 Å². The molecule has 546 valence electrons. The Morgan fingerprint density at radius 1 is 0.237 bits per heavy atom.